The van der Waals surface area contributed by atoms with Crippen LogP contribution in [0, 0.1) is 0 Å². The van der Waals surface area contributed by atoms with Crippen LogP contribution in [-0.4, -0.2) is 66.2 Å². The van der Waals surface area contributed by atoms with E-state index >= 15 is 0 Å². The standard InChI is InChI=1S/C26H29N3O6S/c1-33-22-7-5-6-20(18-22)27-36(31,32)23-12-10-21(11-13-23)35-19-26(30)29-16-14-28(15-17-29)24-8-3-4-9-25(24)34-2/h3-13,18,27H,14-17,19H2,1-2H3. The maximum absolute atomic E-state index is 12.7. The molecule has 36 heavy (non-hydrogen) atoms. The van der Waals surface area contributed by atoms with Gasteiger partial charge in [0.25, 0.3) is 15.9 Å². The van der Waals surface area contributed by atoms with Crippen LogP contribution >= 0.6 is 0 Å². The fraction of sp³-hybridized carbons (Fsp3) is 0.269. The number of hydrogen-bond acceptors (Lipinski definition) is 7. The van der Waals surface area contributed by atoms with Crippen LogP contribution in [0.5, 0.6) is 17.2 Å². The maximum atomic E-state index is 12.7. The molecule has 0 atom stereocenters. The third-order valence-corrected chi connectivity index (χ3v) is 7.27. The Labute approximate surface area is 211 Å². The quantitative estimate of drug-likeness (QED) is 0.471. The largest absolute Gasteiger partial charge is 0.497 e. The summed E-state index contributed by atoms with van der Waals surface area (Å²) in [6.45, 7) is 2.42. The molecular formula is C26H29N3O6S. The van der Waals surface area contributed by atoms with Gasteiger partial charge in [0.15, 0.2) is 6.61 Å². The normalized spacial score (nSPS) is 13.7. The summed E-state index contributed by atoms with van der Waals surface area (Å²) < 4.78 is 44.1. The Hall–Kier alpha value is -3.92. The number of carbonyl (C=O) groups excluding carboxylic acids is 1. The Bertz CT molecular complexity index is 1290. The van der Waals surface area contributed by atoms with Crippen LogP contribution < -0.4 is 23.8 Å². The average molecular weight is 512 g/mol. The third kappa shape index (κ3) is 6.01. The van der Waals surface area contributed by atoms with E-state index in [9.17, 15) is 13.2 Å². The molecule has 3 aromatic rings. The van der Waals surface area contributed by atoms with Crippen LogP contribution in [0.25, 0.3) is 0 Å². The molecule has 10 heteroatoms. The number of benzene rings is 3. The predicted molar refractivity (Wildman–Crippen MR) is 138 cm³/mol. The Morgan fingerprint density at radius 3 is 2.28 bits per heavy atom. The minimum Gasteiger partial charge on any atom is -0.497 e. The second-order valence-electron chi connectivity index (χ2n) is 8.14. The molecule has 4 rings (SSSR count). The first-order valence-electron chi connectivity index (χ1n) is 11.4. The molecule has 1 fully saturated rings. The molecule has 9 nitrogen and oxygen atoms in total. The smallest absolute Gasteiger partial charge is 0.261 e. The summed E-state index contributed by atoms with van der Waals surface area (Å²) in [6, 6.07) is 20.4. The number of hydrogen-bond donors (Lipinski definition) is 1. The molecule has 0 radical (unpaired) electrons. The van der Waals surface area contributed by atoms with Crippen molar-refractivity contribution >= 4 is 27.3 Å². The monoisotopic (exact) mass is 511 g/mol. The fourth-order valence-electron chi connectivity index (χ4n) is 3.94. The van der Waals surface area contributed by atoms with Gasteiger partial charge in [0.05, 0.1) is 30.5 Å². The highest BCUT2D eigenvalue weighted by atomic mass is 32.2. The van der Waals surface area contributed by atoms with E-state index < -0.39 is 10.0 Å². The van der Waals surface area contributed by atoms with Crippen LogP contribution in [0.4, 0.5) is 11.4 Å². The van der Waals surface area contributed by atoms with E-state index in [1.54, 1.807) is 36.3 Å². The van der Waals surface area contributed by atoms with Gasteiger partial charge in [-0.3, -0.25) is 9.52 Å². The number of ether oxygens (including phenoxy) is 3. The third-order valence-electron chi connectivity index (χ3n) is 5.88. The van der Waals surface area contributed by atoms with Gasteiger partial charge in [-0.05, 0) is 48.5 Å². The summed E-state index contributed by atoms with van der Waals surface area (Å²) >= 11 is 0. The van der Waals surface area contributed by atoms with E-state index in [1.807, 2.05) is 24.3 Å². The van der Waals surface area contributed by atoms with E-state index in [1.165, 1.54) is 31.4 Å². The van der Waals surface area contributed by atoms with E-state index in [0.717, 1.165) is 11.4 Å². The molecule has 0 saturated carbocycles. The van der Waals surface area contributed by atoms with Crippen molar-refractivity contribution in [3.63, 3.8) is 0 Å². The van der Waals surface area contributed by atoms with Gasteiger partial charge in [0.1, 0.15) is 17.2 Å². The Morgan fingerprint density at radius 2 is 1.58 bits per heavy atom. The molecule has 0 spiro atoms. The molecule has 1 heterocycles. The van der Waals surface area contributed by atoms with E-state index in [0.29, 0.717) is 43.4 Å². The van der Waals surface area contributed by atoms with Crippen molar-refractivity contribution in [3.8, 4) is 17.2 Å². The minimum absolute atomic E-state index is 0.0801. The molecule has 3 aromatic carbocycles. The number of piperazine rings is 1. The summed E-state index contributed by atoms with van der Waals surface area (Å²) in [5.74, 6) is 1.65. The summed E-state index contributed by atoms with van der Waals surface area (Å²) in [5.41, 5.74) is 1.41. The maximum Gasteiger partial charge on any atom is 0.261 e. The van der Waals surface area contributed by atoms with Gasteiger partial charge >= 0.3 is 0 Å². The zero-order valence-corrected chi connectivity index (χ0v) is 21.0. The highest BCUT2D eigenvalue weighted by molar-refractivity contribution is 7.92. The van der Waals surface area contributed by atoms with Crippen molar-refractivity contribution in [2.75, 3.05) is 56.6 Å². The molecule has 0 aromatic heterocycles. The van der Waals surface area contributed by atoms with Gasteiger partial charge in [-0.2, -0.15) is 0 Å². The number of nitrogens with zero attached hydrogens (tertiary/aromatic N) is 2. The molecule has 1 saturated heterocycles. The lowest BCUT2D eigenvalue weighted by molar-refractivity contribution is -0.133. The van der Waals surface area contributed by atoms with Gasteiger partial charge < -0.3 is 24.0 Å². The lowest BCUT2D eigenvalue weighted by atomic mass is 10.2. The Balaban J connectivity index is 1.29. The zero-order chi connectivity index (χ0) is 25.5. The highest BCUT2D eigenvalue weighted by Crippen LogP contribution is 2.28. The van der Waals surface area contributed by atoms with E-state index in [2.05, 4.69) is 9.62 Å². The van der Waals surface area contributed by atoms with Gasteiger partial charge in [-0.25, -0.2) is 8.42 Å². The first-order chi connectivity index (χ1) is 17.4. The lowest BCUT2D eigenvalue weighted by Crippen LogP contribution is -2.50. The van der Waals surface area contributed by atoms with Crippen LogP contribution in [0.15, 0.2) is 77.7 Å². The number of sulfonamides is 1. The summed E-state index contributed by atoms with van der Waals surface area (Å²) in [5, 5.41) is 0. The average Bonchev–Trinajstić information content (AvgIpc) is 2.92. The summed E-state index contributed by atoms with van der Waals surface area (Å²) in [4.78, 5) is 16.7. The topological polar surface area (TPSA) is 97.4 Å². The summed E-state index contributed by atoms with van der Waals surface area (Å²) in [6.07, 6.45) is 0. The second kappa shape index (κ2) is 11.2. The van der Waals surface area contributed by atoms with E-state index in [-0.39, 0.29) is 17.4 Å². The SMILES string of the molecule is COc1cccc(NS(=O)(=O)c2ccc(OCC(=O)N3CCN(c4ccccc4OC)CC3)cc2)c1. The molecule has 1 aliphatic rings. The second-order valence-corrected chi connectivity index (χ2v) is 9.82. The van der Waals surface area contributed by atoms with Gasteiger partial charge in [0.2, 0.25) is 0 Å². The number of anilines is 2. The van der Waals surface area contributed by atoms with Crippen LogP contribution in [0.1, 0.15) is 0 Å². The first kappa shape index (κ1) is 25.2. The number of para-hydroxylation sites is 2. The number of amides is 1. The number of rotatable bonds is 9. The Kier molecular flexibility index (Phi) is 7.84. The van der Waals surface area contributed by atoms with Crippen molar-refractivity contribution in [2.24, 2.45) is 0 Å². The minimum atomic E-state index is -3.79. The van der Waals surface area contributed by atoms with E-state index in [4.69, 9.17) is 14.2 Å². The molecule has 0 aliphatic carbocycles. The number of carbonyl (C=O) groups is 1. The molecule has 190 valence electrons. The van der Waals surface area contributed by atoms with Crippen molar-refractivity contribution in [3.05, 3.63) is 72.8 Å². The fourth-order valence-corrected chi connectivity index (χ4v) is 4.99. The van der Waals surface area contributed by atoms with Crippen molar-refractivity contribution in [1.29, 1.82) is 0 Å². The molecule has 1 amide bonds. The van der Waals surface area contributed by atoms with Gasteiger partial charge in [0, 0.05) is 32.2 Å². The number of methoxy groups -OCH3 is 2. The van der Waals surface area contributed by atoms with Crippen LogP contribution in [0.3, 0.4) is 0 Å². The molecule has 0 bridgehead atoms. The Morgan fingerprint density at radius 1 is 0.861 bits per heavy atom. The van der Waals surface area contributed by atoms with Gasteiger partial charge in [-0.1, -0.05) is 18.2 Å². The zero-order valence-electron chi connectivity index (χ0n) is 20.2. The summed E-state index contributed by atoms with van der Waals surface area (Å²) in [7, 11) is -0.626. The van der Waals surface area contributed by atoms with Crippen molar-refractivity contribution < 1.29 is 27.4 Å². The molecular weight excluding hydrogens is 482 g/mol. The van der Waals surface area contributed by atoms with Gasteiger partial charge in [-0.15, -0.1) is 0 Å². The van der Waals surface area contributed by atoms with Crippen LogP contribution in [0.2, 0.25) is 0 Å². The molecule has 1 N–H and O–H groups in total. The molecule has 0 unspecified atom stereocenters. The predicted octanol–water partition coefficient (Wildman–Crippen LogP) is 3.23. The lowest BCUT2D eigenvalue weighted by Gasteiger charge is -2.36. The van der Waals surface area contributed by atoms with Crippen molar-refractivity contribution in [2.45, 2.75) is 4.90 Å². The molecule has 1 aliphatic heterocycles. The highest BCUT2D eigenvalue weighted by Gasteiger charge is 2.23. The number of nitrogens with one attached hydrogen (secondary N) is 1. The van der Waals surface area contributed by atoms with Crippen molar-refractivity contribution in [1.82, 2.24) is 4.90 Å². The first-order valence-corrected chi connectivity index (χ1v) is 12.9. The van der Waals surface area contributed by atoms with Crippen LogP contribution in [-0.2, 0) is 14.8 Å².